The van der Waals surface area contributed by atoms with Crippen molar-refractivity contribution in [2.45, 2.75) is 57.0 Å². The maximum absolute atomic E-state index is 13.1. The number of rotatable bonds is 9. The fourth-order valence-electron chi connectivity index (χ4n) is 4.40. The lowest BCUT2D eigenvalue weighted by molar-refractivity contribution is -0.132. The van der Waals surface area contributed by atoms with E-state index in [1.54, 1.807) is 12.3 Å². The molecule has 0 spiro atoms. The molecule has 0 radical (unpaired) electrons. The minimum atomic E-state index is -0.982. The molecule has 176 valence electrons. The first-order valence-corrected chi connectivity index (χ1v) is 11.7. The summed E-state index contributed by atoms with van der Waals surface area (Å²) in [5, 5.41) is 8.75. The first-order valence-electron chi connectivity index (χ1n) is 11.3. The summed E-state index contributed by atoms with van der Waals surface area (Å²) >= 11 is 6.18. The van der Waals surface area contributed by atoms with Crippen LogP contribution in [0.3, 0.4) is 0 Å². The Morgan fingerprint density at radius 2 is 1.94 bits per heavy atom. The van der Waals surface area contributed by atoms with Gasteiger partial charge >= 0.3 is 0 Å². The molecular formula is C23H28ClN5O4. The highest BCUT2D eigenvalue weighted by Gasteiger charge is 2.35. The van der Waals surface area contributed by atoms with Gasteiger partial charge in [-0.05, 0) is 43.2 Å². The molecule has 5 N–H and O–H groups in total. The van der Waals surface area contributed by atoms with Crippen molar-refractivity contribution in [3.05, 3.63) is 34.1 Å². The number of hydrogen-bond acceptors (Lipinski definition) is 5. The zero-order chi connectivity index (χ0) is 23.5. The topological polar surface area (TPSA) is 143 Å². The second-order valence-corrected chi connectivity index (χ2v) is 9.48. The number of primary amides is 1. The van der Waals surface area contributed by atoms with Crippen LogP contribution in [0.4, 0.5) is 0 Å². The van der Waals surface area contributed by atoms with Gasteiger partial charge in [0.05, 0.1) is 5.02 Å². The van der Waals surface area contributed by atoms with Crippen LogP contribution in [0.5, 0.6) is 0 Å². The lowest BCUT2D eigenvalue weighted by atomic mass is 9.91. The first kappa shape index (κ1) is 23.2. The molecule has 1 aromatic rings. The Hall–Kier alpha value is -2.94. The monoisotopic (exact) mass is 473 g/mol. The number of carbonyl (C=O) groups is 4. The van der Waals surface area contributed by atoms with Gasteiger partial charge in [-0.15, -0.1) is 0 Å². The van der Waals surface area contributed by atoms with E-state index in [1.165, 1.54) is 6.20 Å². The highest BCUT2D eigenvalue weighted by atomic mass is 35.5. The molecule has 2 fully saturated rings. The van der Waals surface area contributed by atoms with Crippen molar-refractivity contribution < 1.29 is 19.2 Å². The molecule has 1 aromatic heterocycles. The average molecular weight is 474 g/mol. The van der Waals surface area contributed by atoms with E-state index in [4.69, 9.17) is 17.3 Å². The first-order chi connectivity index (χ1) is 15.8. The van der Waals surface area contributed by atoms with E-state index >= 15 is 0 Å². The van der Waals surface area contributed by atoms with Gasteiger partial charge in [-0.25, -0.2) is 0 Å². The molecule has 1 aliphatic heterocycles. The SMILES string of the molecule is NC(=O)[C@H](C[C@@H]1CCCNC1=O)NC(=O)[C@H](CC1CC1)NC(=O)C1=Cc2c(Cl)cncc2C1. The molecule has 0 bridgehead atoms. The molecule has 33 heavy (non-hydrogen) atoms. The molecule has 0 unspecified atom stereocenters. The predicted molar refractivity (Wildman–Crippen MR) is 122 cm³/mol. The van der Waals surface area contributed by atoms with Gasteiger partial charge in [-0.2, -0.15) is 0 Å². The fourth-order valence-corrected chi connectivity index (χ4v) is 4.63. The maximum atomic E-state index is 13.1. The van der Waals surface area contributed by atoms with Gasteiger partial charge in [0, 0.05) is 42.4 Å². The van der Waals surface area contributed by atoms with Crippen molar-refractivity contribution in [1.82, 2.24) is 20.9 Å². The van der Waals surface area contributed by atoms with E-state index in [0.29, 0.717) is 42.3 Å². The molecule has 1 saturated heterocycles. The van der Waals surface area contributed by atoms with E-state index in [0.717, 1.165) is 30.4 Å². The Morgan fingerprint density at radius 3 is 2.61 bits per heavy atom. The quantitative estimate of drug-likeness (QED) is 0.420. The third-order valence-electron chi connectivity index (χ3n) is 6.48. The molecule has 0 aromatic carbocycles. The van der Waals surface area contributed by atoms with Crippen LogP contribution >= 0.6 is 11.6 Å². The summed E-state index contributed by atoms with van der Waals surface area (Å²) in [4.78, 5) is 54.2. The summed E-state index contributed by atoms with van der Waals surface area (Å²) in [6.45, 7) is 0.611. The molecule has 2 aliphatic carbocycles. The van der Waals surface area contributed by atoms with E-state index in [1.807, 2.05) is 0 Å². The minimum absolute atomic E-state index is 0.134. The minimum Gasteiger partial charge on any atom is -0.368 e. The van der Waals surface area contributed by atoms with Crippen LogP contribution < -0.4 is 21.7 Å². The Balaban J connectivity index is 1.42. The van der Waals surface area contributed by atoms with E-state index in [-0.39, 0.29) is 24.2 Å². The number of nitrogens with two attached hydrogens (primary N) is 1. The largest absolute Gasteiger partial charge is 0.368 e. The number of carbonyl (C=O) groups excluding carboxylic acids is 4. The van der Waals surface area contributed by atoms with Crippen LogP contribution in [0.15, 0.2) is 18.0 Å². The van der Waals surface area contributed by atoms with Crippen molar-refractivity contribution in [1.29, 1.82) is 0 Å². The third-order valence-corrected chi connectivity index (χ3v) is 6.78. The molecule has 4 rings (SSSR count). The number of amides is 4. The van der Waals surface area contributed by atoms with Gasteiger partial charge in [0.1, 0.15) is 12.1 Å². The highest BCUT2D eigenvalue weighted by Crippen LogP contribution is 2.34. The van der Waals surface area contributed by atoms with Crippen LogP contribution in [0.1, 0.15) is 49.7 Å². The number of aromatic nitrogens is 1. The standard InChI is InChI=1S/C23H28ClN5O4/c24-17-11-26-10-15-7-14(8-16(15)17)22(32)29-19(6-12-3-4-12)23(33)28-18(20(25)30)9-13-2-1-5-27-21(13)31/h8,10-13,18-19H,1-7,9H2,(H2,25,30)(H,27,31)(H,28,33)(H,29,32)/t13-,18-,19-/m0/s1. The van der Waals surface area contributed by atoms with Gasteiger partial charge in [0.25, 0.3) is 0 Å². The Kier molecular flexibility index (Phi) is 6.97. The van der Waals surface area contributed by atoms with Gasteiger partial charge < -0.3 is 21.7 Å². The van der Waals surface area contributed by atoms with Crippen LogP contribution in [-0.4, -0.2) is 47.2 Å². The smallest absolute Gasteiger partial charge is 0.248 e. The number of piperidine rings is 1. The van der Waals surface area contributed by atoms with E-state index in [9.17, 15) is 19.2 Å². The summed E-state index contributed by atoms with van der Waals surface area (Å²) in [5.74, 6) is -1.68. The summed E-state index contributed by atoms with van der Waals surface area (Å²) in [7, 11) is 0. The van der Waals surface area contributed by atoms with Crippen molar-refractivity contribution >= 4 is 41.3 Å². The molecular weight excluding hydrogens is 446 g/mol. The van der Waals surface area contributed by atoms with Crippen molar-refractivity contribution in [3.8, 4) is 0 Å². The second kappa shape index (κ2) is 9.91. The lowest BCUT2D eigenvalue weighted by Gasteiger charge is -2.27. The summed E-state index contributed by atoms with van der Waals surface area (Å²) < 4.78 is 0. The zero-order valence-corrected chi connectivity index (χ0v) is 19.0. The van der Waals surface area contributed by atoms with Gasteiger partial charge in [-0.3, -0.25) is 24.2 Å². The van der Waals surface area contributed by atoms with Crippen molar-refractivity contribution in [3.63, 3.8) is 0 Å². The normalized spacial score (nSPS) is 21.3. The molecule has 3 aliphatic rings. The van der Waals surface area contributed by atoms with Crippen molar-refractivity contribution in [2.75, 3.05) is 6.54 Å². The van der Waals surface area contributed by atoms with Gasteiger partial charge in [0.2, 0.25) is 23.6 Å². The highest BCUT2D eigenvalue weighted by molar-refractivity contribution is 6.32. The van der Waals surface area contributed by atoms with Crippen LogP contribution in [0, 0.1) is 11.8 Å². The fraction of sp³-hybridized carbons (Fsp3) is 0.522. The number of nitrogens with zero attached hydrogens (tertiary/aromatic N) is 1. The third kappa shape index (κ3) is 5.71. The number of pyridine rings is 1. The predicted octanol–water partition coefficient (Wildman–Crippen LogP) is 0.846. The van der Waals surface area contributed by atoms with E-state index in [2.05, 4.69) is 20.9 Å². The van der Waals surface area contributed by atoms with Gasteiger partial charge in [-0.1, -0.05) is 24.4 Å². The van der Waals surface area contributed by atoms with Crippen molar-refractivity contribution in [2.24, 2.45) is 17.6 Å². The van der Waals surface area contributed by atoms with Crippen LogP contribution in [-0.2, 0) is 25.6 Å². The summed E-state index contributed by atoms with van der Waals surface area (Å²) in [5.41, 5.74) is 7.64. The molecule has 9 nitrogen and oxygen atoms in total. The Bertz CT molecular complexity index is 1010. The van der Waals surface area contributed by atoms with E-state index < -0.39 is 23.9 Å². The molecule has 2 heterocycles. The number of halogens is 1. The average Bonchev–Trinajstić information content (AvgIpc) is 3.48. The molecule has 10 heteroatoms. The Labute approximate surface area is 196 Å². The van der Waals surface area contributed by atoms with Crippen LogP contribution in [0.2, 0.25) is 5.02 Å². The van der Waals surface area contributed by atoms with Crippen LogP contribution in [0.25, 0.3) is 6.08 Å². The lowest BCUT2D eigenvalue weighted by Crippen LogP contribution is -2.54. The molecule has 3 atom stereocenters. The summed E-state index contributed by atoms with van der Waals surface area (Å²) in [6, 6.07) is -1.78. The Morgan fingerprint density at radius 1 is 1.15 bits per heavy atom. The molecule has 1 saturated carbocycles. The van der Waals surface area contributed by atoms with Gasteiger partial charge in [0.15, 0.2) is 0 Å². The molecule has 4 amide bonds. The number of fused-ring (bicyclic) bond motifs is 1. The second-order valence-electron chi connectivity index (χ2n) is 9.08. The number of hydrogen-bond donors (Lipinski definition) is 4. The number of nitrogens with one attached hydrogen (secondary N) is 3. The summed E-state index contributed by atoms with van der Waals surface area (Å²) in [6.07, 6.45) is 9.36. The zero-order valence-electron chi connectivity index (χ0n) is 18.2. The maximum Gasteiger partial charge on any atom is 0.248 e.